The first kappa shape index (κ1) is 17.7. The van der Waals surface area contributed by atoms with E-state index in [0.29, 0.717) is 12.1 Å². The number of rotatable bonds is 6. The SMILES string of the molecule is CP(C)(=O)C(Cc1ccc(NC(=N)N)cc1)NS(C)(=O)=O. The second-order valence-corrected chi connectivity index (χ2v) is 10.6. The maximum absolute atomic E-state index is 12.2. The largest absolute Gasteiger partial charge is 0.370 e. The molecule has 1 unspecified atom stereocenters. The maximum atomic E-state index is 12.2. The molecule has 1 atom stereocenters. The molecule has 0 bridgehead atoms. The Morgan fingerprint density at radius 2 is 1.86 bits per heavy atom. The fourth-order valence-corrected chi connectivity index (χ4v) is 4.56. The van der Waals surface area contributed by atoms with E-state index in [1.165, 1.54) is 0 Å². The molecule has 1 aromatic carbocycles. The Morgan fingerprint density at radius 1 is 1.33 bits per heavy atom. The van der Waals surface area contributed by atoms with E-state index in [1.54, 1.807) is 37.6 Å². The zero-order chi connectivity index (χ0) is 16.3. The van der Waals surface area contributed by atoms with Gasteiger partial charge in [-0.1, -0.05) is 12.1 Å². The number of guanidine groups is 1. The maximum Gasteiger partial charge on any atom is 0.209 e. The third-order valence-corrected chi connectivity index (χ3v) is 5.46. The minimum atomic E-state index is -3.43. The Hall–Kier alpha value is -1.37. The number of hydrogen-bond acceptors (Lipinski definition) is 4. The van der Waals surface area contributed by atoms with Crippen LogP contribution >= 0.6 is 7.14 Å². The van der Waals surface area contributed by atoms with E-state index in [1.807, 2.05) is 0 Å². The second kappa shape index (κ2) is 6.60. The highest BCUT2D eigenvalue weighted by molar-refractivity contribution is 7.89. The van der Waals surface area contributed by atoms with Gasteiger partial charge < -0.3 is 15.6 Å². The number of sulfonamides is 1. The van der Waals surface area contributed by atoms with Crippen molar-refractivity contribution in [3.05, 3.63) is 29.8 Å². The highest BCUT2D eigenvalue weighted by Gasteiger charge is 2.26. The quantitative estimate of drug-likeness (QED) is 0.352. The molecule has 1 rings (SSSR count). The van der Waals surface area contributed by atoms with Crippen LogP contribution in [0, 0.1) is 5.41 Å². The van der Waals surface area contributed by atoms with E-state index in [9.17, 15) is 13.0 Å². The van der Waals surface area contributed by atoms with Crippen molar-refractivity contribution in [3.8, 4) is 0 Å². The predicted molar refractivity (Wildman–Crippen MR) is 86.9 cm³/mol. The molecule has 7 nitrogen and oxygen atoms in total. The van der Waals surface area contributed by atoms with Crippen molar-refractivity contribution in [1.29, 1.82) is 5.41 Å². The number of nitrogens with two attached hydrogens (primary N) is 1. The third-order valence-electron chi connectivity index (χ3n) is 2.76. The van der Waals surface area contributed by atoms with Crippen LogP contribution < -0.4 is 15.8 Å². The Bertz CT molecular complexity index is 652. The van der Waals surface area contributed by atoms with E-state index in [2.05, 4.69) is 10.0 Å². The molecule has 118 valence electrons. The third kappa shape index (κ3) is 6.75. The second-order valence-electron chi connectivity index (χ2n) is 5.28. The molecule has 0 aliphatic carbocycles. The van der Waals surface area contributed by atoms with Crippen molar-refractivity contribution in [2.75, 3.05) is 24.9 Å². The van der Waals surface area contributed by atoms with Crippen LogP contribution in [0.15, 0.2) is 24.3 Å². The lowest BCUT2D eigenvalue weighted by molar-refractivity contribution is 0.554. The van der Waals surface area contributed by atoms with E-state index in [0.717, 1.165) is 11.8 Å². The topological polar surface area (TPSA) is 125 Å². The van der Waals surface area contributed by atoms with Crippen LogP contribution in [0.25, 0.3) is 0 Å². The molecule has 0 aromatic heterocycles. The molecule has 0 radical (unpaired) electrons. The van der Waals surface area contributed by atoms with Gasteiger partial charge in [-0.2, -0.15) is 0 Å². The molecule has 0 heterocycles. The zero-order valence-electron chi connectivity index (χ0n) is 12.3. The van der Waals surface area contributed by atoms with Crippen molar-refractivity contribution in [2.45, 2.75) is 12.2 Å². The molecular formula is C12H21N4O3PS. The van der Waals surface area contributed by atoms with E-state index in [-0.39, 0.29) is 5.96 Å². The molecule has 1 aromatic rings. The Morgan fingerprint density at radius 3 is 2.24 bits per heavy atom. The lowest BCUT2D eigenvalue weighted by Gasteiger charge is -2.22. The van der Waals surface area contributed by atoms with Crippen molar-refractivity contribution in [1.82, 2.24) is 4.72 Å². The van der Waals surface area contributed by atoms with E-state index in [4.69, 9.17) is 11.1 Å². The highest BCUT2D eigenvalue weighted by atomic mass is 32.2. The smallest absolute Gasteiger partial charge is 0.209 e. The van der Waals surface area contributed by atoms with Gasteiger partial charge in [0.2, 0.25) is 10.0 Å². The summed E-state index contributed by atoms with van der Waals surface area (Å²) in [6.07, 6.45) is 1.38. The van der Waals surface area contributed by atoms with Gasteiger partial charge in [0.15, 0.2) is 5.96 Å². The van der Waals surface area contributed by atoms with Gasteiger partial charge in [0.05, 0.1) is 19.2 Å². The zero-order valence-corrected chi connectivity index (χ0v) is 14.0. The Labute approximate surface area is 125 Å². The summed E-state index contributed by atoms with van der Waals surface area (Å²) in [5.41, 5.74) is 6.73. The fraction of sp³-hybridized carbons (Fsp3) is 0.417. The summed E-state index contributed by atoms with van der Waals surface area (Å²) in [4.78, 5) is 0. The molecule has 0 saturated carbocycles. The van der Waals surface area contributed by atoms with E-state index < -0.39 is 22.9 Å². The monoisotopic (exact) mass is 332 g/mol. The van der Waals surface area contributed by atoms with Gasteiger partial charge in [0.25, 0.3) is 0 Å². The van der Waals surface area contributed by atoms with Crippen LogP contribution in [0.5, 0.6) is 0 Å². The average molecular weight is 332 g/mol. The van der Waals surface area contributed by atoms with Crippen LogP contribution in [-0.2, 0) is 21.0 Å². The molecule has 0 amide bonds. The van der Waals surface area contributed by atoms with Gasteiger partial charge in [0.1, 0.15) is 0 Å². The number of hydrogen-bond donors (Lipinski definition) is 4. The molecule has 0 fully saturated rings. The molecule has 0 saturated heterocycles. The molecule has 0 spiro atoms. The van der Waals surface area contributed by atoms with Crippen molar-refractivity contribution < 1.29 is 13.0 Å². The summed E-state index contributed by atoms with van der Waals surface area (Å²) >= 11 is 0. The summed E-state index contributed by atoms with van der Waals surface area (Å²) in [6, 6.07) is 7.00. The molecule has 0 aliphatic rings. The normalized spacial score (nSPS) is 13.7. The minimum absolute atomic E-state index is 0.161. The van der Waals surface area contributed by atoms with Crippen molar-refractivity contribution >= 4 is 28.8 Å². The Balaban J connectivity index is 2.89. The number of anilines is 1. The summed E-state index contributed by atoms with van der Waals surface area (Å²) in [6.45, 7) is 3.11. The summed E-state index contributed by atoms with van der Waals surface area (Å²) < 4.78 is 37.4. The van der Waals surface area contributed by atoms with Gasteiger partial charge in [-0.15, -0.1) is 0 Å². The van der Waals surface area contributed by atoms with Gasteiger partial charge in [-0.3, -0.25) is 5.41 Å². The first-order valence-electron chi connectivity index (χ1n) is 6.19. The van der Waals surface area contributed by atoms with Gasteiger partial charge >= 0.3 is 0 Å². The molecule has 9 heteroatoms. The fourth-order valence-electron chi connectivity index (χ4n) is 1.74. The molecule has 5 N–H and O–H groups in total. The Kier molecular flexibility index (Phi) is 5.55. The van der Waals surface area contributed by atoms with Gasteiger partial charge in [-0.25, -0.2) is 13.1 Å². The predicted octanol–water partition coefficient (Wildman–Crippen LogP) is 1.03. The van der Waals surface area contributed by atoms with Crippen LogP contribution in [0.3, 0.4) is 0 Å². The number of benzene rings is 1. The van der Waals surface area contributed by atoms with E-state index >= 15 is 0 Å². The van der Waals surface area contributed by atoms with Crippen LogP contribution in [0.4, 0.5) is 5.69 Å². The first-order valence-corrected chi connectivity index (χ1v) is 10.8. The lowest BCUT2D eigenvalue weighted by Crippen LogP contribution is -2.35. The summed E-state index contributed by atoms with van der Waals surface area (Å²) in [7, 11) is -6.06. The van der Waals surface area contributed by atoms with Crippen LogP contribution in [-0.4, -0.2) is 39.7 Å². The highest BCUT2D eigenvalue weighted by Crippen LogP contribution is 2.42. The minimum Gasteiger partial charge on any atom is -0.370 e. The van der Waals surface area contributed by atoms with Crippen LogP contribution in [0.1, 0.15) is 5.56 Å². The van der Waals surface area contributed by atoms with Crippen molar-refractivity contribution in [2.24, 2.45) is 5.73 Å². The van der Waals surface area contributed by atoms with Gasteiger partial charge in [-0.05, 0) is 37.4 Å². The summed E-state index contributed by atoms with van der Waals surface area (Å²) in [5, 5.41) is 9.78. The lowest BCUT2D eigenvalue weighted by atomic mass is 10.1. The molecule has 0 aliphatic heterocycles. The molecular weight excluding hydrogens is 311 g/mol. The van der Waals surface area contributed by atoms with Gasteiger partial charge in [0, 0.05) is 5.69 Å². The summed E-state index contributed by atoms with van der Waals surface area (Å²) in [5.74, 6) is -0.801. The average Bonchev–Trinajstić information content (AvgIpc) is 2.27. The molecule has 21 heavy (non-hydrogen) atoms. The van der Waals surface area contributed by atoms with Crippen LogP contribution in [0.2, 0.25) is 0 Å². The first-order chi connectivity index (χ1) is 9.47. The standard InChI is InChI=1S/C12H21N4O3PS/c1-20(2,17)11(16-21(3,18)19)8-9-4-6-10(7-5-9)15-12(13)14/h4-7,11,16H,8H2,1-3H3,(H4,13,14,15). The number of nitrogens with one attached hydrogen (secondary N) is 3. The van der Waals surface area contributed by atoms with Crippen molar-refractivity contribution in [3.63, 3.8) is 0 Å².